The number of aliphatic carboxylic acids is 1. The van der Waals surface area contributed by atoms with Gasteiger partial charge in [0.15, 0.2) is 0 Å². The normalized spacial score (nSPS) is 14.8. The lowest BCUT2D eigenvalue weighted by atomic mass is 9.90. The number of carboxylic acid groups (broad SMARTS) is 1. The summed E-state index contributed by atoms with van der Waals surface area (Å²) in [6.07, 6.45) is 0.0174. The summed E-state index contributed by atoms with van der Waals surface area (Å²) in [5, 5.41) is 17.6. The van der Waals surface area contributed by atoms with Crippen molar-refractivity contribution in [2.45, 2.75) is 32.8 Å². The largest absolute Gasteiger partial charge is 0.481 e. The van der Waals surface area contributed by atoms with E-state index in [2.05, 4.69) is 0 Å². The topological polar surface area (TPSA) is 57.5 Å². The summed E-state index contributed by atoms with van der Waals surface area (Å²) in [4.78, 5) is 10.1. The van der Waals surface area contributed by atoms with Crippen LogP contribution in [0.25, 0.3) is 0 Å². The summed E-state index contributed by atoms with van der Waals surface area (Å²) in [6, 6.07) is 0. The molecule has 10 heavy (non-hydrogen) atoms. The lowest BCUT2D eigenvalue weighted by Crippen LogP contribution is -2.30. The second kappa shape index (κ2) is 3.01. The Hall–Kier alpha value is -0.570. The van der Waals surface area contributed by atoms with E-state index in [1.807, 2.05) is 0 Å². The fraction of sp³-hybridized carbons (Fsp3) is 0.857. The van der Waals surface area contributed by atoms with Gasteiger partial charge in [0.1, 0.15) is 0 Å². The third kappa shape index (κ3) is 3.45. The molecule has 0 aliphatic rings. The Labute approximate surface area is 60.7 Å². The molecule has 0 amide bonds. The number of carboxylic acids is 1. The van der Waals surface area contributed by atoms with Crippen LogP contribution in [0.1, 0.15) is 27.2 Å². The molecule has 0 saturated heterocycles. The molecule has 2 N–H and O–H groups in total. The summed E-state index contributed by atoms with van der Waals surface area (Å²) in [5.74, 6) is -1.07. The monoisotopic (exact) mass is 146 g/mol. The highest BCUT2D eigenvalue weighted by atomic mass is 16.4. The minimum atomic E-state index is -0.890. The lowest BCUT2D eigenvalue weighted by molar-refractivity contribution is -0.140. The van der Waals surface area contributed by atoms with Crippen LogP contribution in [-0.4, -0.2) is 21.8 Å². The molecule has 3 nitrogen and oxygen atoms in total. The van der Waals surface area contributed by atoms with Gasteiger partial charge in [-0.2, -0.15) is 0 Å². The summed E-state index contributed by atoms with van der Waals surface area (Å²) < 4.78 is 0. The number of carbonyl (C=O) groups is 1. The molecule has 0 aromatic heterocycles. The van der Waals surface area contributed by atoms with Gasteiger partial charge in [-0.05, 0) is 19.8 Å². The number of hydrogen-bond donors (Lipinski definition) is 2. The Morgan fingerprint density at radius 1 is 1.60 bits per heavy atom. The van der Waals surface area contributed by atoms with Crippen molar-refractivity contribution < 1.29 is 15.0 Å². The van der Waals surface area contributed by atoms with Crippen molar-refractivity contribution in [3.05, 3.63) is 0 Å². The molecular weight excluding hydrogens is 132 g/mol. The molecule has 0 radical (unpaired) electrons. The zero-order valence-corrected chi connectivity index (χ0v) is 6.59. The molecule has 0 saturated carbocycles. The van der Waals surface area contributed by atoms with Crippen LogP contribution in [0.2, 0.25) is 0 Å². The van der Waals surface area contributed by atoms with Gasteiger partial charge in [-0.1, -0.05) is 6.92 Å². The van der Waals surface area contributed by atoms with E-state index in [9.17, 15) is 9.90 Å². The van der Waals surface area contributed by atoms with Gasteiger partial charge in [0.2, 0.25) is 0 Å². The van der Waals surface area contributed by atoms with E-state index in [0.717, 1.165) is 0 Å². The van der Waals surface area contributed by atoms with Gasteiger partial charge in [0.05, 0.1) is 12.0 Å². The highest BCUT2D eigenvalue weighted by Gasteiger charge is 2.23. The molecule has 0 rings (SSSR count). The van der Waals surface area contributed by atoms with Crippen molar-refractivity contribution in [1.29, 1.82) is 0 Å². The minimum Gasteiger partial charge on any atom is -0.481 e. The van der Waals surface area contributed by atoms with Crippen LogP contribution in [0.5, 0.6) is 0 Å². The van der Waals surface area contributed by atoms with Crippen LogP contribution in [0.4, 0.5) is 0 Å². The maximum atomic E-state index is 10.1. The van der Waals surface area contributed by atoms with Crippen LogP contribution in [0.3, 0.4) is 0 Å². The van der Waals surface area contributed by atoms with Gasteiger partial charge < -0.3 is 10.2 Å². The maximum absolute atomic E-state index is 10.1. The van der Waals surface area contributed by atoms with E-state index < -0.39 is 11.6 Å². The molecular formula is C7H14O3. The average Bonchev–Trinajstić information content (AvgIpc) is 1.60. The minimum absolute atomic E-state index is 0.0174. The first-order valence-electron chi connectivity index (χ1n) is 3.28. The van der Waals surface area contributed by atoms with Crippen LogP contribution in [-0.2, 0) is 4.79 Å². The van der Waals surface area contributed by atoms with Crippen LogP contribution in [0.15, 0.2) is 0 Å². The Morgan fingerprint density at radius 3 is 2.10 bits per heavy atom. The van der Waals surface area contributed by atoms with Gasteiger partial charge in [0.25, 0.3) is 0 Å². The van der Waals surface area contributed by atoms with Gasteiger partial charge in [-0.3, -0.25) is 4.79 Å². The molecule has 0 aromatic carbocycles. The van der Waals surface area contributed by atoms with Gasteiger partial charge in [-0.15, -0.1) is 0 Å². The molecule has 0 heterocycles. The third-order valence-corrected chi connectivity index (χ3v) is 1.69. The van der Waals surface area contributed by atoms with Crippen LogP contribution in [0, 0.1) is 5.92 Å². The third-order valence-electron chi connectivity index (χ3n) is 1.69. The van der Waals surface area contributed by atoms with Gasteiger partial charge in [-0.25, -0.2) is 0 Å². The smallest absolute Gasteiger partial charge is 0.303 e. The fourth-order valence-corrected chi connectivity index (χ4v) is 0.512. The SMILES string of the molecule is C[C@@H](CC(=O)O)C(C)(C)O. The second-order valence-corrected chi connectivity index (χ2v) is 3.15. The molecule has 3 heteroatoms. The van der Waals surface area contributed by atoms with E-state index in [0.29, 0.717) is 0 Å². The molecule has 0 aliphatic carbocycles. The van der Waals surface area contributed by atoms with E-state index in [1.54, 1.807) is 20.8 Å². The number of rotatable bonds is 3. The molecule has 0 unspecified atom stereocenters. The highest BCUT2D eigenvalue weighted by molar-refractivity contribution is 5.67. The molecule has 0 spiro atoms. The molecule has 60 valence electrons. The summed E-state index contributed by atoms with van der Waals surface area (Å²) >= 11 is 0. The molecule has 0 aromatic rings. The van der Waals surface area contributed by atoms with E-state index >= 15 is 0 Å². The quantitative estimate of drug-likeness (QED) is 0.621. The Balaban J connectivity index is 3.85. The molecule has 0 aliphatic heterocycles. The zero-order chi connectivity index (χ0) is 8.36. The fourth-order valence-electron chi connectivity index (χ4n) is 0.512. The first kappa shape index (κ1) is 9.43. The van der Waals surface area contributed by atoms with Crippen molar-refractivity contribution in [3.8, 4) is 0 Å². The van der Waals surface area contributed by atoms with E-state index in [4.69, 9.17) is 5.11 Å². The number of aliphatic hydroxyl groups is 1. The average molecular weight is 146 g/mol. The molecule has 0 bridgehead atoms. The first-order valence-corrected chi connectivity index (χ1v) is 3.28. The van der Waals surface area contributed by atoms with Crippen LogP contribution < -0.4 is 0 Å². The summed E-state index contributed by atoms with van der Waals surface area (Å²) in [5.41, 5.74) is -0.890. The Morgan fingerprint density at radius 2 is 2.00 bits per heavy atom. The molecule has 0 fully saturated rings. The second-order valence-electron chi connectivity index (χ2n) is 3.15. The predicted molar refractivity (Wildman–Crippen MR) is 37.7 cm³/mol. The maximum Gasteiger partial charge on any atom is 0.303 e. The highest BCUT2D eigenvalue weighted by Crippen LogP contribution is 2.18. The first-order chi connectivity index (χ1) is 4.34. The Kier molecular flexibility index (Phi) is 2.84. The van der Waals surface area contributed by atoms with E-state index in [1.165, 1.54) is 0 Å². The predicted octanol–water partition coefficient (Wildman–Crippen LogP) is 0.868. The summed E-state index contributed by atoms with van der Waals surface area (Å²) in [7, 11) is 0. The number of hydrogen-bond acceptors (Lipinski definition) is 2. The van der Waals surface area contributed by atoms with Crippen LogP contribution >= 0.6 is 0 Å². The van der Waals surface area contributed by atoms with Crippen molar-refractivity contribution >= 4 is 5.97 Å². The Bertz CT molecular complexity index is 123. The standard InChI is InChI=1S/C7H14O3/c1-5(4-6(8)9)7(2,3)10/h5,10H,4H2,1-3H3,(H,8,9)/t5-/m0/s1. The van der Waals surface area contributed by atoms with Crippen molar-refractivity contribution in [3.63, 3.8) is 0 Å². The van der Waals surface area contributed by atoms with Crippen molar-refractivity contribution in [2.24, 2.45) is 5.92 Å². The van der Waals surface area contributed by atoms with Crippen molar-refractivity contribution in [2.75, 3.05) is 0 Å². The molecule has 1 atom stereocenters. The summed E-state index contributed by atoms with van der Waals surface area (Å²) in [6.45, 7) is 4.94. The van der Waals surface area contributed by atoms with Gasteiger partial charge >= 0.3 is 5.97 Å². The van der Waals surface area contributed by atoms with Crippen molar-refractivity contribution in [1.82, 2.24) is 0 Å². The lowest BCUT2D eigenvalue weighted by Gasteiger charge is -2.23. The van der Waals surface area contributed by atoms with E-state index in [-0.39, 0.29) is 12.3 Å². The zero-order valence-electron chi connectivity index (χ0n) is 6.59. The van der Waals surface area contributed by atoms with Gasteiger partial charge in [0, 0.05) is 0 Å².